The highest BCUT2D eigenvalue weighted by molar-refractivity contribution is 5.99. The second-order valence-corrected chi connectivity index (χ2v) is 4.20. The van der Waals surface area contributed by atoms with Gasteiger partial charge in [-0.25, -0.2) is 0 Å². The highest BCUT2D eigenvalue weighted by atomic mass is 16.5. The van der Waals surface area contributed by atoms with E-state index in [1.807, 2.05) is 24.3 Å². The maximum Gasteiger partial charge on any atom is 0.173 e. The molecular formula is C14H17N3O3. The molecule has 6 nitrogen and oxygen atoms in total. The molecule has 0 aliphatic rings. The molecule has 0 spiro atoms. The van der Waals surface area contributed by atoms with Crippen LogP contribution in [0.15, 0.2) is 46.2 Å². The van der Waals surface area contributed by atoms with Gasteiger partial charge in [0.25, 0.3) is 0 Å². The van der Waals surface area contributed by atoms with Crippen molar-refractivity contribution in [3.63, 3.8) is 0 Å². The molecule has 0 bridgehead atoms. The van der Waals surface area contributed by atoms with E-state index in [4.69, 9.17) is 20.1 Å². The van der Waals surface area contributed by atoms with Crippen molar-refractivity contribution in [3.8, 4) is 5.75 Å². The van der Waals surface area contributed by atoms with Crippen LogP contribution in [0.3, 0.4) is 0 Å². The summed E-state index contributed by atoms with van der Waals surface area (Å²) in [4.78, 5) is 0. The molecule has 1 aromatic carbocycles. The van der Waals surface area contributed by atoms with Gasteiger partial charge in [0.05, 0.1) is 25.5 Å². The molecule has 0 fully saturated rings. The minimum atomic E-state index is 0.0229. The summed E-state index contributed by atoms with van der Waals surface area (Å²) in [5.74, 6) is 1.46. The highest BCUT2D eigenvalue weighted by Gasteiger charge is 2.09. The molecule has 0 amide bonds. The Bertz CT molecular complexity index is 579. The first-order valence-corrected chi connectivity index (χ1v) is 6.12. The topological polar surface area (TPSA) is 93.0 Å². The molecule has 1 aromatic heterocycles. The van der Waals surface area contributed by atoms with Gasteiger partial charge in [-0.1, -0.05) is 11.2 Å². The number of furan rings is 1. The van der Waals surface area contributed by atoms with Gasteiger partial charge in [0, 0.05) is 6.54 Å². The minimum absolute atomic E-state index is 0.0229. The molecule has 0 saturated carbocycles. The van der Waals surface area contributed by atoms with E-state index in [9.17, 15) is 0 Å². The van der Waals surface area contributed by atoms with Gasteiger partial charge in [0.1, 0.15) is 11.5 Å². The van der Waals surface area contributed by atoms with Crippen LogP contribution in [0.25, 0.3) is 0 Å². The Morgan fingerprint density at radius 3 is 2.90 bits per heavy atom. The molecule has 2 aromatic rings. The largest absolute Gasteiger partial charge is 0.496 e. The zero-order valence-corrected chi connectivity index (χ0v) is 11.2. The van der Waals surface area contributed by atoms with Gasteiger partial charge < -0.3 is 25.4 Å². The number of oxime groups is 1. The zero-order valence-electron chi connectivity index (χ0n) is 11.2. The minimum Gasteiger partial charge on any atom is -0.496 e. The Labute approximate surface area is 116 Å². The Morgan fingerprint density at radius 2 is 2.25 bits per heavy atom. The Hall–Kier alpha value is -2.47. The molecule has 20 heavy (non-hydrogen) atoms. The average molecular weight is 275 g/mol. The average Bonchev–Trinajstić information content (AvgIpc) is 2.99. The smallest absolute Gasteiger partial charge is 0.173 e. The lowest BCUT2D eigenvalue weighted by Gasteiger charge is -2.10. The first kappa shape index (κ1) is 14.0. The molecule has 0 saturated heterocycles. The predicted octanol–water partition coefficient (Wildman–Crippen LogP) is 1.67. The lowest BCUT2D eigenvalue weighted by Crippen LogP contribution is -2.16. The van der Waals surface area contributed by atoms with Crippen LogP contribution in [0.2, 0.25) is 0 Å². The zero-order chi connectivity index (χ0) is 14.4. The van der Waals surface area contributed by atoms with Gasteiger partial charge in [-0.05, 0) is 29.8 Å². The molecule has 2 rings (SSSR count). The van der Waals surface area contributed by atoms with Crippen molar-refractivity contribution in [3.05, 3.63) is 53.5 Å². The van der Waals surface area contributed by atoms with Crippen molar-refractivity contribution in [1.29, 1.82) is 0 Å². The molecule has 106 valence electrons. The van der Waals surface area contributed by atoms with E-state index in [2.05, 4.69) is 10.5 Å². The Balaban J connectivity index is 2.05. The van der Waals surface area contributed by atoms with E-state index < -0.39 is 0 Å². The second-order valence-electron chi connectivity index (χ2n) is 4.20. The van der Waals surface area contributed by atoms with Crippen molar-refractivity contribution < 1.29 is 14.4 Å². The third-order valence-electron chi connectivity index (χ3n) is 2.86. The monoisotopic (exact) mass is 275 g/mol. The number of benzene rings is 1. The van der Waals surface area contributed by atoms with Gasteiger partial charge in [0.15, 0.2) is 5.84 Å². The molecule has 0 radical (unpaired) electrons. The van der Waals surface area contributed by atoms with Gasteiger partial charge in [-0.15, -0.1) is 0 Å². The maximum absolute atomic E-state index is 8.78. The van der Waals surface area contributed by atoms with Crippen LogP contribution >= 0.6 is 0 Å². The molecule has 6 heteroatoms. The molecule has 1 heterocycles. The summed E-state index contributed by atoms with van der Waals surface area (Å²) >= 11 is 0. The quantitative estimate of drug-likeness (QED) is 0.323. The number of nitrogens with zero attached hydrogens (tertiary/aromatic N) is 1. The molecular weight excluding hydrogens is 258 g/mol. The summed E-state index contributed by atoms with van der Waals surface area (Å²) in [5, 5.41) is 15.0. The molecule has 0 aliphatic heterocycles. The van der Waals surface area contributed by atoms with E-state index in [0.29, 0.717) is 24.4 Å². The number of ether oxygens (including phenoxy) is 1. The number of rotatable bonds is 6. The van der Waals surface area contributed by atoms with Crippen LogP contribution < -0.4 is 15.8 Å². The van der Waals surface area contributed by atoms with Crippen LogP contribution in [0.4, 0.5) is 0 Å². The third kappa shape index (κ3) is 3.30. The summed E-state index contributed by atoms with van der Waals surface area (Å²) in [5.41, 5.74) is 7.19. The van der Waals surface area contributed by atoms with Gasteiger partial charge in [-0.2, -0.15) is 0 Å². The highest BCUT2D eigenvalue weighted by Crippen LogP contribution is 2.19. The van der Waals surface area contributed by atoms with Crippen molar-refractivity contribution >= 4 is 5.84 Å². The van der Waals surface area contributed by atoms with E-state index in [1.165, 1.54) is 7.11 Å². The number of hydrogen-bond acceptors (Lipinski definition) is 5. The van der Waals surface area contributed by atoms with Crippen LogP contribution in [0.1, 0.15) is 16.9 Å². The summed E-state index contributed by atoms with van der Waals surface area (Å²) in [6, 6.07) is 9.28. The summed E-state index contributed by atoms with van der Waals surface area (Å²) in [7, 11) is 1.54. The fourth-order valence-corrected chi connectivity index (χ4v) is 1.86. The summed E-state index contributed by atoms with van der Waals surface area (Å²) in [6.45, 7) is 1.27. The maximum atomic E-state index is 8.78. The van der Waals surface area contributed by atoms with Crippen LogP contribution in [-0.2, 0) is 13.1 Å². The van der Waals surface area contributed by atoms with Crippen molar-refractivity contribution in [1.82, 2.24) is 5.32 Å². The molecule has 0 aliphatic carbocycles. The van der Waals surface area contributed by atoms with Gasteiger partial charge >= 0.3 is 0 Å². The Morgan fingerprint density at radius 1 is 1.40 bits per heavy atom. The number of hydrogen-bond donors (Lipinski definition) is 3. The first-order valence-electron chi connectivity index (χ1n) is 6.12. The van der Waals surface area contributed by atoms with Crippen LogP contribution in [0.5, 0.6) is 5.75 Å². The van der Waals surface area contributed by atoms with E-state index in [-0.39, 0.29) is 5.84 Å². The molecule has 4 N–H and O–H groups in total. The van der Waals surface area contributed by atoms with E-state index in [0.717, 1.165) is 11.3 Å². The van der Waals surface area contributed by atoms with Crippen LogP contribution in [0, 0.1) is 0 Å². The lowest BCUT2D eigenvalue weighted by molar-refractivity contribution is 0.318. The number of amidine groups is 1. The summed E-state index contributed by atoms with van der Waals surface area (Å²) < 4.78 is 10.4. The standard InChI is InChI=1S/C14H17N3O3/c1-19-13-5-4-10(7-12(13)14(15)17-18)8-16-9-11-3-2-6-20-11/h2-7,16,18H,8-9H2,1H3,(H2,15,17). The number of nitrogens with two attached hydrogens (primary N) is 1. The van der Waals surface area contributed by atoms with E-state index >= 15 is 0 Å². The van der Waals surface area contributed by atoms with Crippen molar-refractivity contribution in [2.75, 3.05) is 7.11 Å². The van der Waals surface area contributed by atoms with Gasteiger partial charge in [-0.3, -0.25) is 0 Å². The molecule has 0 unspecified atom stereocenters. The Kier molecular flexibility index (Phi) is 4.62. The second kappa shape index (κ2) is 6.63. The lowest BCUT2D eigenvalue weighted by atomic mass is 10.1. The van der Waals surface area contributed by atoms with E-state index in [1.54, 1.807) is 12.3 Å². The third-order valence-corrected chi connectivity index (χ3v) is 2.86. The van der Waals surface area contributed by atoms with Gasteiger partial charge in [0.2, 0.25) is 0 Å². The first-order chi connectivity index (χ1) is 9.74. The fourth-order valence-electron chi connectivity index (χ4n) is 1.86. The molecule has 0 atom stereocenters. The van der Waals surface area contributed by atoms with Crippen molar-refractivity contribution in [2.24, 2.45) is 10.9 Å². The SMILES string of the molecule is COc1ccc(CNCc2ccco2)cc1C(N)=NO. The fraction of sp³-hybridized carbons (Fsp3) is 0.214. The number of methoxy groups -OCH3 is 1. The summed E-state index contributed by atoms with van der Waals surface area (Å²) in [6.07, 6.45) is 1.64. The van der Waals surface area contributed by atoms with Crippen LogP contribution in [-0.4, -0.2) is 18.2 Å². The number of nitrogens with one attached hydrogen (secondary N) is 1. The normalized spacial score (nSPS) is 11.6. The predicted molar refractivity (Wildman–Crippen MR) is 74.8 cm³/mol. The van der Waals surface area contributed by atoms with Crippen molar-refractivity contribution in [2.45, 2.75) is 13.1 Å².